The summed E-state index contributed by atoms with van der Waals surface area (Å²) in [4.78, 5) is 33.7. The van der Waals surface area contributed by atoms with Gasteiger partial charge in [0, 0.05) is 19.4 Å². The SMILES string of the molecule is O=C(CCc1nc2ccccc2c(=O)[nH]1)N1CCOC(c2ccc(F)cc2)C1. The second kappa shape index (κ2) is 7.90. The van der Waals surface area contributed by atoms with Crippen molar-refractivity contribution in [3.63, 3.8) is 0 Å². The molecule has 0 spiro atoms. The van der Waals surface area contributed by atoms with Crippen LogP contribution in [0, 0.1) is 5.82 Å². The third-order valence-corrected chi connectivity index (χ3v) is 4.90. The van der Waals surface area contributed by atoms with Gasteiger partial charge in [0.25, 0.3) is 5.56 Å². The number of nitrogens with zero attached hydrogens (tertiary/aromatic N) is 2. The van der Waals surface area contributed by atoms with Crippen molar-refractivity contribution in [2.45, 2.75) is 18.9 Å². The number of rotatable bonds is 4. The summed E-state index contributed by atoms with van der Waals surface area (Å²) in [6.07, 6.45) is 0.339. The van der Waals surface area contributed by atoms with Crippen molar-refractivity contribution >= 4 is 16.8 Å². The third-order valence-electron chi connectivity index (χ3n) is 4.90. The Morgan fingerprint density at radius 1 is 1.21 bits per heavy atom. The summed E-state index contributed by atoms with van der Waals surface area (Å²) in [7, 11) is 0. The van der Waals surface area contributed by atoms with Crippen LogP contribution >= 0.6 is 0 Å². The molecule has 2 heterocycles. The van der Waals surface area contributed by atoms with Crippen molar-refractivity contribution < 1.29 is 13.9 Å². The molecule has 1 N–H and O–H groups in total. The molecule has 144 valence electrons. The summed E-state index contributed by atoms with van der Waals surface area (Å²) in [5.41, 5.74) is 1.27. The molecule has 4 rings (SSSR count). The number of carbonyl (C=O) groups is 1. The molecule has 1 aliphatic rings. The number of fused-ring (bicyclic) bond motifs is 1. The van der Waals surface area contributed by atoms with Gasteiger partial charge in [-0.1, -0.05) is 24.3 Å². The van der Waals surface area contributed by atoms with Crippen molar-refractivity contribution in [1.82, 2.24) is 14.9 Å². The second-order valence-corrected chi connectivity index (χ2v) is 6.78. The zero-order chi connectivity index (χ0) is 19.5. The lowest BCUT2D eigenvalue weighted by Gasteiger charge is -2.33. The maximum atomic E-state index is 13.1. The number of halogens is 1. The van der Waals surface area contributed by atoms with Crippen molar-refractivity contribution in [3.05, 3.63) is 76.1 Å². The Balaban J connectivity index is 1.41. The minimum Gasteiger partial charge on any atom is -0.370 e. The van der Waals surface area contributed by atoms with Crippen LogP contribution in [-0.2, 0) is 16.0 Å². The van der Waals surface area contributed by atoms with E-state index in [9.17, 15) is 14.0 Å². The zero-order valence-corrected chi connectivity index (χ0v) is 15.2. The Bertz CT molecular complexity index is 1050. The van der Waals surface area contributed by atoms with Crippen LogP contribution < -0.4 is 5.56 Å². The van der Waals surface area contributed by atoms with E-state index in [1.165, 1.54) is 12.1 Å². The van der Waals surface area contributed by atoms with Gasteiger partial charge in [0.1, 0.15) is 17.7 Å². The number of carbonyl (C=O) groups excluding carboxylic acids is 1. The van der Waals surface area contributed by atoms with E-state index in [1.54, 1.807) is 35.2 Å². The van der Waals surface area contributed by atoms with Crippen molar-refractivity contribution in [3.8, 4) is 0 Å². The van der Waals surface area contributed by atoms with Gasteiger partial charge in [-0.15, -0.1) is 0 Å². The molecule has 0 saturated carbocycles. The number of morpholine rings is 1. The summed E-state index contributed by atoms with van der Waals surface area (Å²) in [6.45, 7) is 1.36. The average Bonchev–Trinajstić information content (AvgIpc) is 2.73. The van der Waals surface area contributed by atoms with E-state index in [2.05, 4.69) is 9.97 Å². The summed E-state index contributed by atoms with van der Waals surface area (Å²) in [5, 5.41) is 0.535. The van der Waals surface area contributed by atoms with E-state index < -0.39 is 0 Å². The van der Waals surface area contributed by atoms with Gasteiger partial charge >= 0.3 is 0 Å². The summed E-state index contributed by atoms with van der Waals surface area (Å²) >= 11 is 0. The Hall–Kier alpha value is -3.06. The first-order valence-corrected chi connectivity index (χ1v) is 9.23. The van der Waals surface area contributed by atoms with Gasteiger partial charge in [-0.05, 0) is 29.8 Å². The number of nitrogens with one attached hydrogen (secondary N) is 1. The molecule has 6 nitrogen and oxygen atoms in total. The van der Waals surface area contributed by atoms with Crippen molar-refractivity contribution in [2.75, 3.05) is 19.7 Å². The van der Waals surface area contributed by atoms with E-state index in [4.69, 9.17) is 4.74 Å². The zero-order valence-electron chi connectivity index (χ0n) is 15.2. The topological polar surface area (TPSA) is 75.3 Å². The van der Waals surface area contributed by atoms with Crippen LogP contribution in [0.4, 0.5) is 4.39 Å². The van der Waals surface area contributed by atoms with Crippen LogP contribution in [0.3, 0.4) is 0 Å². The predicted octanol–water partition coefficient (Wildman–Crippen LogP) is 2.59. The van der Waals surface area contributed by atoms with E-state index in [-0.39, 0.29) is 29.8 Å². The average molecular weight is 381 g/mol. The number of aromatic amines is 1. The van der Waals surface area contributed by atoms with Crippen LogP contribution in [-0.4, -0.2) is 40.5 Å². The molecular weight excluding hydrogens is 361 g/mol. The van der Waals surface area contributed by atoms with Gasteiger partial charge in [-0.2, -0.15) is 0 Å². The number of para-hydroxylation sites is 1. The first-order valence-electron chi connectivity index (χ1n) is 9.23. The molecule has 1 aromatic heterocycles. The highest BCUT2D eigenvalue weighted by Crippen LogP contribution is 2.23. The van der Waals surface area contributed by atoms with Gasteiger partial charge in [-0.3, -0.25) is 9.59 Å². The van der Waals surface area contributed by atoms with Crippen molar-refractivity contribution in [1.29, 1.82) is 0 Å². The van der Waals surface area contributed by atoms with E-state index in [0.29, 0.717) is 42.8 Å². The van der Waals surface area contributed by atoms with E-state index >= 15 is 0 Å². The van der Waals surface area contributed by atoms with Gasteiger partial charge in [0.05, 0.1) is 24.1 Å². The smallest absolute Gasteiger partial charge is 0.258 e. The molecule has 1 unspecified atom stereocenters. The van der Waals surface area contributed by atoms with Crippen molar-refractivity contribution in [2.24, 2.45) is 0 Å². The Labute approximate surface area is 161 Å². The third kappa shape index (κ3) is 3.94. The maximum absolute atomic E-state index is 13.1. The first kappa shape index (κ1) is 18.3. The summed E-state index contributed by atoms with van der Waals surface area (Å²) < 4.78 is 18.8. The number of ether oxygens (including phenoxy) is 1. The normalized spacial score (nSPS) is 17.0. The van der Waals surface area contributed by atoms with Crippen LogP contribution in [0.2, 0.25) is 0 Å². The quantitative estimate of drug-likeness (QED) is 0.754. The molecule has 1 amide bonds. The Morgan fingerprint density at radius 2 is 2.00 bits per heavy atom. The van der Waals surface area contributed by atoms with Crippen LogP contribution in [0.15, 0.2) is 53.3 Å². The lowest BCUT2D eigenvalue weighted by molar-refractivity contribution is -0.139. The number of hydrogen-bond donors (Lipinski definition) is 1. The Morgan fingerprint density at radius 3 is 2.82 bits per heavy atom. The molecule has 2 aromatic carbocycles. The highest BCUT2D eigenvalue weighted by molar-refractivity contribution is 5.78. The van der Waals surface area contributed by atoms with Gasteiger partial charge < -0.3 is 14.6 Å². The van der Waals surface area contributed by atoms with Gasteiger partial charge in [-0.25, -0.2) is 9.37 Å². The largest absolute Gasteiger partial charge is 0.370 e. The van der Waals surface area contributed by atoms with Crippen LogP contribution in [0.1, 0.15) is 23.9 Å². The van der Waals surface area contributed by atoms with Gasteiger partial charge in [0.15, 0.2) is 0 Å². The highest BCUT2D eigenvalue weighted by Gasteiger charge is 2.25. The fourth-order valence-corrected chi connectivity index (χ4v) is 3.39. The fourth-order valence-electron chi connectivity index (χ4n) is 3.39. The summed E-state index contributed by atoms with van der Waals surface area (Å²) in [6, 6.07) is 13.3. The molecule has 1 saturated heterocycles. The molecular formula is C21H20FN3O3. The lowest BCUT2D eigenvalue weighted by Crippen LogP contribution is -2.42. The molecule has 0 radical (unpaired) electrons. The van der Waals surface area contributed by atoms with Gasteiger partial charge in [0.2, 0.25) is 5.91 Å². The second-order valence-electron chi connectivity index (χ2n) is 6.78. The molecule has 1 atom stereocenters. The van der Waals surface area contributed by atoms with E-state index in [1.807, 2.05) is 6.07 Å². The minimum absolute atomic E-state index is 0.0220. The number of aryl methyl sites for hydroxylation is 1. The maximum Gasteiger partial charge on any atom is 0.258 e. The molecule has 28 heavy (non-hydrogen) atoms. The van der Waals surface area contributed by atoms with Crippen LogP contribution in [0.5, 0.6) is 0 Å². The summed E-state index contributed by atoms with van der Waals surface area (Å²) in [5.74, 6) is 0.177. The predicted molar refractivity (Wildman–Crippen MR) is 102 cm³/mol. The standard InChI is InChI=1S/C21H20FN3O3/c22-15-7-5-14(6-8-15)18-13-25(11-12-28-18)20(26)10-9-19-23-17-4-2-1-3-16(17)21(27)24-19/h1-8,18H,9-13H2,(H,23,24,27). The fraction of sp³-hybridized carbons (Fsp3) is 0.286. The molecule has 0 aliphatic carbocycles. The highest BCUT2D eigenvalue weighted by atomic mass is 19.1. The lowest BCUT2D eigenvalue weighted by atomic mass is 10.1. The molecule has 3 aromatic rings. The number of aromatic nitrogens is 2. The number of benzene rings is 2. The molecule has 1 aliphatic heterocycles. The molecule has 7 heteroatoms. The molecule has 1 fully saturated rings. The molecule has 0 bridgehead atoms. The van der Waals surface area contributed by atoms with E-state index in [0.717, 1.165) is 5.56 Å². The van der Waals surface area contributed by atoms with Crippen LogP contribution in [0.25, 0.3) is 10.9 Å². The first-order chi connectivity index (χ1) is 13.6. The number of amides is 1. The number of H-pyrrole nitrogens is 1. The minimum atomic E-state index is -0.302. The monoisotopic (exact) mass is 381 g/mol. The Kier molecular flexibility index (Phi) is 5.16. The number of hydrogen-bond acceptors (Lipinski definition) is 4.